The number of nitrogens with zero attached hydrogens (tertiary/aromatic N) is 1. The maximum atomic E-state index is 11.8. The lowest BCUT2D eigenvalue weighted by Crippen LogP contribution is -2.26. The lowest BCUT2D eigenvalue weighted by molar-refractivity contribution is -0.151. The Morgan fingerprint density at radius 1 is 1.03 bits per heavy atom. The third-order valence-corrected chi connectivity index (χ3v) is 6.49. The van der Waals surface area contributed by atoms with Crippen LogP contribution in [0.2, 0.25) is 0 Å². The van der Waals surface area contributed by atoms with E-state index >= 15 is 0 Å². The quantitative estimate of drug-likeness (QED) is 0.184. The van der Waals surface area contributed by atoms with Gasteiger partial charge in [0.1, 0.15) is 5.60 Å². The van der Waals surface area contributed by atoms with Gasteiger partial charge in [-0.25, -0.2) is 0 Å². The first kappa shape index (κ1) is 29.0. The molecule has 0 aromatic heterocycles. The fraction of sp³-hybridized carbons (Fsp3) is 0.483. The Bertz CT molecular complexity index is 1150. The van der Waals surface area contributed by atoms with Gasteiger partial charge in [0, 0.05) is 18.9 Å². The molecule has 38 heavy (non-hydrogen) atoms. The minimum absolute atomic E-state index is 0.145. The van der Waals surface area contributed by atoms with E-state index in [4.69, 9.17) is 28.4 Å². The van der Waals surface area contributed by atoms with Crippen LogP contribution < -0.4 is 23.7 Å². The van der Waals surface area contributed by atoms with Crippen molar-refractivity contribution in [2.45, 2.75) is 57.7 Å². The van der Waals surface area contributed by atoms with E-state index in [-0.39, 0.29) is 18.9 Å². The molecule has 0 aliphatic carbocycles. The molecule has 1 heterocycles. The average molecular weight is 528 g/mol. The highest BCUT2D eigenvalue weighted by atomic mass is 16.5. The van der Waals surface area contributed by atoms with Gasteiger partial charge in [0.25, 0.3) is 5.91 Å². The summed E-state index contributed by atoms with van der Waals surface area (Å²) in [4.78, 5) is 11.8. The Balaban J connectivity index is 2.01. The molecule has 0 radical (unpaired) electrons. The van der Waals surface area contributed by atoms with Gasteiger partial charge in [0.2, 0.25) is 5.75 Å². The number of hydrogen-bond acceptors (Lipinski definition) is 8. The smallest absolute Gasteiger partial charge is 0.257 e. The molecule has 1 fully saturated rings. The number of hydroxylamine groups is 2. The van der Waals surface area contributed by atoms with E-state index in [1.807, 2.05) is 37.3 Å². The van der Waals surface area contributed by atoms with Crippen molar-refractivity contribution in [1.82, 2.24) is 5.06 Å². The van der Waals surface area contributed by atoms with Crippen LogP contribution in [0.3, 0.4) is 0 Å². The molecule has 9 heteroatoms. The second-order valence-corrected chi connectivity index (χ2v) is 8.84. The summed E-state index contributed by atoms with van der Waals surface area (Å²) in [5.74, 6) is 5.28. The third kappa shape index (κ3) is 6.26. The number of methoxy groups -OCH3 is 4. The van der Waals surface area contributed by atoms with Crippen LogP contribution in [0.15, 0.2) is 30.3 Å². The molecular weight excluding hydrogens is 490 g/mol. The minimum Gasteiger partial charge on any atom is -0.493 e. The molecule has 1 aliphatic rings. The molecule has 2 atom stereocenters. The maximum absolute atomic E-state index is 11.8. The standard InChI is InChI=1S/C29H37NO8/c1-7-16-37-23-11-10-21(19-24(23)33-3)29(13-9-15-30(32)27(31)8-2)14-12-22(38-29)20-17-25(34-4)28(36-6)26(18-20)35-5/h10-11,17-19,22,32H,7-8,12-14,16H2,1-6H3. The van der Waals surface area contributed by atoms with Crippen LogP contribution in [0.25, 0.3) is 0 Å². The van der Waals surface area contributed by atoms with Gasteiger partial charge in [-0.15, -0.1) is 5.06 Å². The summed E-state index contributed by atoms with van der Waals surface area (Å²) in [6.45, 7) is 4.27. The molecule has 0 spiro atoms. The highest BCUT2D eigenvalue weighted by molar-refractivity contribution is 5.76. The summed E-state index contributed by atoms with van der Waals surface area (Å²) in [5.41, 5.74) is 0.896. The molecule has 1 N–H and O–H groups in total. The summed E-state index contributed by atoms with van der Waals surface area (Å²) in [7, 11) is 6.30. The molecule has 1 amide bonds. The molecule has 0 saturated carbocycles. The first-order chi connectivity index (χ1) is 18.4. The fourth-order valence-electron chi connectivity index (χ4n) is 4.47. The van der Waals surface area contributed by atoms with Crippen LogP contribution in [0.5, 0.6) is 28.7 Å². The zero-order valence-corrected chi connectivity index (χ0v) is 23.0. The van der Waals surface area contributed by atoms with Crippen LogP contribution in [0, 0.1) is 12.0 Å². The predicted octanol–water partition coefficient (Wildman–Crippen LogP) is 5.24. The van der Waals surface area contributed by atoms with Crippen molar-refractivity contribution < 1.29 is 38.4 Å². The SMILES string of the molecule is CCCOc1ccc(C2(CC#CN(O)C(=O)CC)CCC(c3cc(OC)c(OC)c(OC)c3)O2)cc1OC. The highest BCUT2D eigenvalue weighted by Crippen LogP contribution is 2.51. The largest absolute Gasteiger partial charge is 0.493 e. The minimum atomic E-state index is -0.829. The summed E-state index contributed by atoms with van der Waals surface area (Å²) in [6, 6.07) is 12.0. The maximum Gasteiger partial charge on any atom is 0.257 e. The Morgan fingerprint density at radius 2 is 1.71 bits per heavy atom. The molecule has 9 nitrogen and oxygen atoms in total. The van der Waals surface area contributed by atoms with Gasteiger partial charge in [0.05, 0.1) is 41.2 Å². The molecule has 206 valence electrons. The zero-order valence-electron chi connectivity index (χ0n) is 23.0. The molecule has 3 rings (SSSR count). The van der Waals surface area contributed by atoms with E-state index in [2.05, 4.69) is 12.0 Å². The van der Waals surface area contributed by atoms with Crippen molar-refractivity contribution in [2.75, 3.05) is 35.0 Å². The van der Waals surface area contributed by atoms with Gasteiger partial charge in [-0.2, -0.15) is 0 Å². The molecule has 2 unspecified atom stereocenters. The van der Waals surface area contributed by atoms with Crippen LogP contribution in [-0.4, -0.2) is 51.2 Å². The molecule has 0 bridgehead atoms. The first-order valence-electron chi connectivity index (χ1n) is 12.7. The summed E-state index contributed by atoms with van der Waals surface area (Å²) in [6.07, 6.45) is 2.28. The lowest BCUT2D eigenvalue weighted by atomic mass is 9.87. The van der Waals surface area contributed by atoms with Crippen molar-refractivity contribution in [3.63, 3.8) is 0 Å². The van der Waals surface area contributed by atoms with E-state index in [1.54, 1.807) is 35.4 Å². The van der Waals surface area contributed by atoms with E-state index in [9.17, 15) is 10.0 Å². The monoisotopic (exact) mass is 527 g/mol. The summed E-state index contributed by atoms with van der Waals surface area (Å²) < 4.78 is 34.7. The van der Waals surface area contributed by atoms with Gasteiger partial charge in [-0.3, -0.25) is 10.0 Å². The van der Waals surface area contributed by atoms with Crippen molar-refractivity contribution in [3.05, 3.63) is 41.5 Å². The summed E-state index contributed by atoms with van der Waals surface area (Å²) >= 11 is 0. The highest BCUT2D eigenvalue weighted by Gasteiger charge is 2.43. The van der Waals surface area contributed by atoms with Gasteiger partial charge in [-0.1, -0.05) is 25.8 Å². The van der Waals surface area contributed by atoms with Crippen LogP contribution >= 0.6 is 0 Å². The van der Waals surface area contributed by atoms with Gasteiger partial charge >= 0.3 is 0 Å². The van der Waals surface area contributed by atoms with Crippen molar-refractivity contribution in [1.29, 1.82) is 0 Å². The van der Waals surface area contributed by atoms with Crippen LogP contribution in [0.4, 0.5) is 0 Å². The second kappa shape index (κ2) is 13.3. The van der Waals surface area contributed by atoms with Crippen LogP contribution in [-0.2, 0) is 15.1 Å². The number of hydrogen-bond donors (Lipinski definition) is 1. The van der Waals surface area contributed by atoms with Crippen molar-refractivity contribution in [3.8, 4) is 40.7 Å². The second-order valence-electron chi connectivity index (χ2n) is 8.84. The number of amides is 1. The van der Waals surface area contributed by atoms with E-state index in [0.717, 1.165) is 17.5 Å². The van der Waals surface area contributed by atoms with Crippen LogP contribution in [0.1, 0.15) is 63.2 Å². The Morgan fingerprint density at radius 3 is 2.29 bits per heavy atom. The number of rotatable bonds is 11. The molecular formula is C29H37NO8. The zero-order chi connectivity index (χ0) is 27.7. The Labute approximate surface area is 224 Å². The third-order valence-electron chi connectivity index (χ3n) is 6.49. The van der Waals surface area contributed by atoms with E-state index in [0.29, 0.717) is 53.3 Å². The normalized spacial score (nSPS) is 18.2. The van der Waals surface area contributed by atoms with Gasteiger partial charge in [0.15, 0.2) is 23.0 Å². The predicted molar refractivity (Wildman–Crippen MR) is 141 cm³/mol. The number of carbonyl (C=O) groups is 1. The lowest BCUT2D eigenvalue weighted by Gasteiger charge is -2.29. The number of carbonyl (C=O) groups excluding carboxylic acids is 1. The van der Waals surface area contributed by atoms with E-state index in [1.165, 1.54) is 0 Å². The van der Waals surface area contributed by atoms with Gasteiger partial charge < -0.3 is 28.4 Å². The molecule has 2 aromatic rings. The summed E-state index contributed by atoms with van der Waals surface area (Å²) in [5, 5.41) is 10.4. The van der Waals surface area contributed by atoms with E-state index < -0.39 is 11.5 Å². The average Bonchev–Trinajstić information content (AvgIpc) is 3.39. The fourth-order valence-corrected chi connectivity index (χ4v) is 4.47. The molecule has 1 saturated heterocycles. The topological polar surface area (TPSA) is 95.9 Å². The molecule has 1 aliphatic heterocycles. The van der Waals surface area contributed by atoms with Crippen molar-refractivity contribution >= 4 is 5.91 Å². The van der Waals surface area contributed by atoms with Crippen molar-refractivity contribution in [2.24, 2.45) is 0 Å². The Kier molecular flexibility index (Phi) is 10.1. The first-order valence-corrected chi connectivity index (χ1v) is 12.7. The Hall–Kier alpha value is -3.61. The van der Waals surface area contributed by atoms with Gasteiger partial charge in [-0.05, 0) is 54.7 Å². The number of benzene rings is 2. The molecule has 2 aromatic carbocycles. The number of ether oxygens (including phenoxy) is 6.